The average Bonchev–Trinajstić information content (AvgIpc) is 3.01. The third kappa shape index (κ3) is 13.4. The first-order valence-electron chi connectivity index (χ1n) is 13.4. The minimum absolute atomic E-state index is 0.167. The van der Waals surface area contributed by atoms with Crippen LogP contribution in [0.15, 0.2) is 30.3 Å². The molecule has 2 atom stereocenters. The van der Waals surface area contributed by atoms with E-state index in [-0.39, 0.29) is 5.78 Å². The van der Waals surface area contributed by atoms with E-state index in [0.29, 0.717) is 6.42 Å². The van der Waals surface area contributed by atoms with Gasteiger partial charge in [-0.15, -0.1) is 0 Å². The Labute approximate surface area is 217 Å². The summed E-state index contributed by atoms with van der Waals surface area (Å²) in [6, 6.07) is 10.1. The number of hydrogen-bond acceptors (Lipinski definition) is 3. The van der Waals surface area contributed by atoms with Gasteiger partial charge in [0, 0.05) is 0 Å². The van der Waals surface area contributed by atoms with E-state index < -0.39 is 36.6 Å². The molecule has 208 valence electrons. The number of Topliss-reactive ketones (excluding diaryl/α,β-unsaturated/α-hetero) is 1. The number of carbonyl (C=O) groups excluding carboxylic acids is 2. The minimum atomic E-state index is -3.49. The van der Waals surface area contributed by atoms with Gasteiger partial charge in [0.15, 0.2) is 5.67 Å². The number of likely N-dealkylation sites (tertiary alicyclic amines) is 1. The van der Waals surface area contributed by atoms with Crippen molar-refractivity contribution in [1.82, 2.24) is 4.90 Å². The highest BCUT2D eigenvalue weighted by Crippen LogP contribution is 2.39. The zero-order valence-corrected chi connectivity index (χ0v) is 23.3. The number of rotatable bonds is 11. The first kappa shape index (κ1) is 34.1. The van der Waals surface area contributed by atoms with Gasteiger partial charge < -0.3 is 15.4 Å². The van der Waals surface area contributed by atoms with Gasteiger partial charge in [0.25, 0.3) is 5.92 Å². The summed E-state index contributed by atoms with van der Waals surface area (Å²) < 4.78 is 40.2. The largest absolute Gasteiger partial charge is 0.332 e. The van der Waals surface area contributed by atoms with Crippen LogP contribution >= 0.6 is 0 Å². The predicted molar refractivity (Wildman–Crippen MR) is 143 cm³/mol. The molecule has 1 aromatic rings. The molecule has 36 heavy (non-hydrogen) atoms. The Morgan fingerprint density at radius 1 is 0.917 bits per heavy atom. The Morgan fingerprint density at radius 3 is 1.86 bits per heavy atom. The predicted octanol–water partition coefficient (Wildman–Crippen LogP) is 7.14. The fourth-order valence-corrected chi connectivity index (χ4v) is 4.17. The molecule has 0 bridgehead atoms. The molecule has 4 nitrogen and oxygen atoms in total. The Balaban J connectivity index is 0.000000606. The lowest BCUT2D eigenvalue weighted by Gasteiger charge is -2.20. The molecule has 1 aromatic carbocycles. The Kier molecular flexibility index (Phi) is 16.6. The van der Waals surface area contributed by atoms with Crippen LogP contribution in [-0.4, -0.2) is 47.3 Å². The molecule has 0 radical (unpaired) electrons. The second-order valence-electron chi connectivity index (χ2n) is 10.2. The first-order valence-corrected chi connectivity index (χ1v) is 13.4. The van der Waals surface area contributed by atoms with Crippen LogP contribution in [0.1, 0.15) is 98.5 Å². The van der Waals surface area contributed by atoms with Crippen LogP contribution in [0, 0.1) is 5.92 Å². The third-order valence-electron chi connectivity index (χ3n) is 6.15. The number of nitrogens with zero attached hydrogens (tertiary/aromatic N) is 1. The van der Waals surface area contributed by atoms with Crippen molar-refractivity contribution in [1.29, 1.82) is 0 Å². The van der Waals surface area contributed by atoms with Crippen molar-refractivity contribution in [3.63, 3.8) is 0 Å². The zero-order valence-electron chi connectivity index (χ0n) is 23.3. The molecule has 1 amide bonds. The van der Waals surface area contributed by atoms with Crippen molar-refractivity contribution < 1.29 is 22.8 Å². The molecule has 7 heteroatoms. The monoisotopic (exact) mass is 514 g/mol. The first-order chi connectivity index (χ1) is 16.8. The number of nitrogens with two attached hydrogens (primary N) is 1. The zero-order chi connectivity index (χ0) is 27.8. The lowest BCUT2D eigenvalue weighted by Crippen LogP contribution is -2.43. The fourth-order valence-electron chi connectivity index (χ4n) is 4.17. The van der Waals surface area contributed by atoms with Crippen molar-refractivity contribution >= 4 is 11.7 Å². The Bertz CT molecular complexity index is 715. The van der Waals surface area contributed by atoms with Crippen molar-refractivity contribution in [2.24, 2.45) is 11.7 Å². The number of amides is 1. The molecular weight excluding hydrogens is 465 g/mol. The number of halogens is 3. The highest BCUT2D eigenvalue weighted by Gasteiger charge is 2.59. The molecule has 2 unspecified atom stereocenters. The van der Waals surface area contributed by atoms with E-state index in [4.69, 9.17) is 5.73 Å². The normalized spacial score (nSPS) is 19.1. The average molecular weight is 515 g/mol. The van der Waals surface area contributed by atoms with Crippen molar-refractivity contribution in [2.45, 2.75) is 117 Å². The molecule has 1 saturated heterocycles. The number of ketones is 1. The van der Waals surface area contributed by atoms with Gasteiger partial charge in [-0.2, -0.15) is 0 Å². The molecule has 1 fully saturated rings. The van der Waals surface area contributed by atoms with Crippen LogP contribution in [0.3, 0.4) is 0 Å². The van der Waals surface area contributed by atoms with E-state index in [1.54, 1.807) is 0 Å². The molecular formula is C29H49F3N2O2. The second-order valence-corrected chi connectivity index (χ2v) is 10.2. The van der Waals surface area contributed by atoms with Crippen LogP contribution in [0.4, 0.5) is 13.2 Å². The lowest BCUT2D eigenvalue weighted by atomic mass is 9.91. The molecule has 1 heterocycles. The molecule has 0 aliphatic carbocycles. The van der Waals surface area contributed by atoms with Crippen molar-refractivity contribution in [3.8, 4) is 0 Å². The molecule has 0 aromatic heterocycles. The molecule has 2 N–H and O–H groups in total. The standard InChI is InChI=1S/C14H22.C12H21F3N2O.C3H6O/c1-3-8-13(9-4-2)12-14-10-6-5-7-11-14;1-3-4-5-6-9(16)10(18)17-7-11(2,13)12(14,15)8-17;1-3(2)4/h5-7,10-11,13H,3-4,8-9,12H2,1-2H3;9H,3-8,16H2,1-2H3;1-2H3. The van der Waals surface area contributed by atoms with E-state index in [1.807, 2.05) is 6.92 Å². The maximum Gasteiger partial charge on any atom is 0.300 e. The van der Waals surface area contributed by atoms with Crippen LogP contribution in [0.5, 0.6) is 0 Å². The Morgan fingerprint density at radius 2 is 1.44 bits per heavy atom. The summed E-state index contributed by atoms with van der Waals surface area (Å²) in [4.78, 5) is 22.1. The van der Waals surface area contributed by atoms with Crippen LogP contribution < -0.4 is 5.73 Å². The van der Waals surface area contributed by atoms with Gasteiger partial charge in [-0.1, -0.05) is 96.0 Å². The van der Waals surface area contributed by atoms with Gasteiger partial charge in [0.2, 0.25) is 5.91 Å². The Hall–Kier alpha value is -1.89. The van der Waals surface area contributed by atoms with Crippen molar-refractivity contribution in [3.05, 3.63) is 35.9 Å². The third-order valence-corrected chi connectivity index (χ3v) is 6.15. The molecule has 1 aliphatic heterocycles. The van der Waals surface area contributed by atoms with Crippen LogP contribution in [0.2, 0.25) is 0 Å². The summed E-state index contributed by atoms with van der Waals surface area (Å²) in [6.45, 7) is 9.01. The number of carbonyl (C=O) groups is 2. The lowest BCUT2D eigenvalue weighted by molar-refractivity contribution is -0.133. The summed E-state index contributed by atoms with van der Waals surface area (Å²) in [5, 5.41) is 0. The maximum atomic E-state index is 13.6. The minimum Gasteiger partial charge on any atom is -0.332 e. The topological polar surface area (TPSA) is 63.4 Å². The van der Waals surface area contributed by atoms with Gasteiger partial charge in [-0.25, -0.2) is 13.2 Å². The van der Waals surface area contributed by atoms with E-state index >= 15 is 0 Å². The van der Waals surface area contributed by atoms with Gasteiger partial charge >= 0.3 is 0 Å². The number of benzene rings is 1. The van der Waals surface area contributed by atoms with Gasteiger partial charge in [-0.3, -0.25) is 4.79 Å². The SMILES string of the molecule is CC(C)=O.CCCC(CCC)Cc1ccccc1.CCCCCC(N)C(=O)N1CC(C)(F)C(F)(F)C1. The van der Waals surface area contributed by atoms with Crippen molar-refractivity contribution in [2.75, 3.05) is 13.1 Å². The summed E-state index contributed by atoms with van der Waals surface area (Å²) in [5.74, 6) is -3.01. The summed E-state index contributed by atoms with van der Waals surface area (Å²) >= 11 is 0. The number of hydrogen-bond donors (Lipinski definition) is 1. The fraction of sp³-hybridized carbons (Fsp3) is 0.724. The summed E-state index contributed by atoms with van der Waals surface area (Å²) in [5.41, 5.74) is 4.49. The van der Waals surface area contributed by atoms with E-state index in [9.17, 15) is 22.8 Å². The summed E-state index contributed by atoms with van der Waals surface area (Å²) in [7, 11) is 0. The summed E-state index contributed by atoms with van der Waals surface area (Å²) in [6.07, 6.45) is 9.82. The maximum absolute atomic E-state index is 13.6. The number of unbranched alkanes of at least 4 members (excludes halogenated alkanes) is 2. The van der Waals surface area contributed by atoms with Crippen LogP contribution in [-0.2, 0) is 16.0 Å². The number of alkyl halides is 3. The van der Waals surface area contributed by atoms with Crippen LogP contribution in [0.25, 0.3) is 0 Å². The molecule has 2 rings (SSSR count). The quantitative estimate of drug-likeness (QED) is 0.319. The van der Waals surface area contributed by atoms with Gasteiger partial charge in [0.05, 0.1) is 19.1 Å². The van der Waals surface area contributed by atoms with Gasteiger partial charge in [-0.05, 0) is 45.1 Å². The smallest absolute Gasteiger partial charge is 0.300 e. The molecule has 1 aliphatic rings. The molecule has 0 spiro atoms. The second kappa shape index (κ2) is 17.5. The highest BCUT2D eigenvalue weighted by atomic mass is 19.3. The highest BCUT2D eigenvalue weighted by molar-refractivity contribution is 5.82. The van der Waals surface area contributed by atoms with Gasteiger partial charge in [0.1, 0.15) is 5.78 Å². The van der Waals surface area contributed by atoms with E-state index in [1.165, 1.54) is 51.5 Å². The van der Waals surface area contributed by atoms with E-state index in [0.717, 1.165) is 37.0 Å². The molecule has 0 saturated carbocycles. The van der Waals surface area contributed by atoms with E-state index in [2.05, 4.69) is 44.2 Å².